The molecule has 0 spiro atoms. The van der Waals surface area contributed by atoms with Crippen LogP contribution < -0.4 is 0 Å². The van der Waals surface area contributed by atoms with Crippen molar-refractivity contribution < 1.29 is 4.79 Å². The van der Waals surface area contributed by atoms with Crippen LogP contribution >= 0.6 is 27.3 Å². The third kappa shape index (κ3) is 2.02. The van der Waals surface area contributed by atoms with Crippen molar-refractivity contribution in [3.05, 3.63) is 20.8 Å². The van der Waals surface area contributed by atoms with E-state index in [0.717, 1.165) is 17.3 Å². The highest BCUT2D eigenvalue weighted by Crippen LogP contribution is 2.46. The van der Waals surface area contributed by atoms with Gasteiger partial charge in [-0.15, -0.1) is 11.3 Å². The molecule has 1 nitrogen and oxygen atoms in total. The van der Waals surface area contributed by atoms with Crippen molar-refractivity contribution in [1.29, 1.82) is 0 Å². The van der Waals surface area contributed by atoms with E-state index in [1.165, 1.54) is 4.88 Å². The average molecular weight is 259 g/mol. The van der Waals surface area contributed by atoms with Crippen LogP contribution in [0, 0.1) is 5.41 Å². The van der Waals surface area contributed by atoms with Gasteiger partial charge in [-0.1, -0.05) is 6.92 Å². The lowest BCUT2D eigenvalue weighted by Gasteiger charge is -2.04. The topological polar surface area (TPSA) is 17.1 Å². The number of thiophene rings is 1. The molecule has 0 saturated heterocycles. The lowest BCUT2D eigenvalue weighted by Crippen LogP contribution is -2.13. The maximum Gasteiger partial charge on any atom is 0.143 e. The van der Waals surface area contributed by atoms with Gasteiger partial charge in [0.05, 0.1) is 0 Å². The number of hydrogen-bond donors (Lipinski definition) is 0. The molecule has 1 aliphatic carbocycles. The fourth-order valence-corrected chi connectivity index (χ4v) is 2.73. The third-order valence-corrected chi connectivity index (χ3v) is 4.33. The van der Waals surface area contributed by atoms with Gasteiger partial charge in [-0.05, 0) is 34.8 Å². The molecule has 0 unspecified atom stereocenters. The molecular weight excluding hydrogens is 248 g/mol. The Hall–Kier alpha value is -0.150. The Bertz CT molecular complexity index is 338. The molecule has 3 heteroatoms. The second-order valence-electron chi connectivity index (χ2n) is 3.89. The average Bonchev–Trinajstić information content (AvgIpc) is 2.69. The normalized spacial score (nSPS) is 18.6. The fourth-order valence-electron chi connectivity index (χ4n) is 1.28. The summed E-state index contributed by atoms with van der Waals surface area (Å²) in [7, 11) is 0. The van der Waals surface area contributed by atoms with Crippen LogP contribution in [0.15, 0.2) is 15.9 Å². The van der Waals surface area contributed by atoms with E-state index in [1.807, 2.05) is 11.4 Å². The van der Waals surface area contributed by atoms with Crippen LogP contribution in [0.25, 0.3) is 0 Å². The number of ketones is 1. The standard InChI is InChI=1S/C10H11BrOS/c1-10(2-3-10)9(12)5-8-4-7(11)6-13-8/h4,6H,2-3,5H2,1H3. The summed E-state index contributed by atoms with van der Waals surface area (Å²) in [5.74, 6) is 0.404. The number of rotatable bonds is 3. The molecular formula is C10H11BrOS. The Morgan fingerprint density at radius 3 is 2.85 bits per heavy atom. The smallest absolute Gasteiger partial charge is 0.143 e. The fraction of sp³-hybridized carbons (Fsp3) is 0.500. The summed E-state index contributed by atoms with van der Waals surface area (Å²) in [6.45, 7) is 2.07. The summed E-state index contributed by atoms with van der Waals surface area (Å²) in [5, 5.41) is 2.03. The number of halogens is 1. The molecule has 1 aliphatic rings. The first kappa shape index (κ1) is 9.41. The minimum Gasteiger partial charge on any atom is -0.299 e. The maximum atomic E-state index is 11.7. The molecule has 1 aromatic heterocycles. The van der Waals surface area contributed by atoms with Gasteiger partial charge in [-0.3, -0.25) is 4.79 Å². The number of carbonyl (C=O) groups is 1. The Kier molecular flexibility index (Phi) is 2.32. The van der Waals surface area contributed by atoms with Gasteiger partial charge in [0, 0.05) is 26.6 Å². The molecule has 1 saturated carbocycles. The van der Waals surface area contributed by atoms with Crippen LogP contribution in [0.5, 0.6) is 0 Å². The summed E-state index contributed by atoms with van der Waals surface area (Å²) < 4.78 is 1.08. The minimum absolute atomic E-state index is 0.0243. The molecule has 1 fully saturated rings. The predicted octanol–water partition coefficient (Wildman–Crippen LogP) is 3.42. The van der Waals surface area contributed by atoms with Gasteiger partial charge >= 0.3 is 0 Å². The highest BCUT2D eigenvalue weighted by atomic mass is 79.9. The molecule has 0 aromatic carbocycles. The molecule has 70 valence electrons. The zero-order valence-corrected chi connectivity index (χ0v) is 9.87. The molecule has 13 heavy (non-hydrogen) atoms. The quantitative estimate of drug-likeness (QED) is 0.812. The van der Waals surface area contributed by atoms with Crippen molar-refractivity contribution in [2.45, 2.75) is 26.2 Å². The summed E-state index contributed by atoms with van der Waals surface area (Å²) >= 11 is 5.04. The van der Waals surface area contributed by atoms with E-state index in [1.54, 1.807) is 11.3 Å². The van der Waals surface area contributed by atoms with Gasteiger partial charge < -0.3 is 0 Å². The zero-order chi connectivity index (χ0) is 9.47. The Balaban J connectivity index is 2.02. The molecule has 2 rings (SSSR count). The first-order valence-electron chi connectivity index (χ1n) is 4.36. The van der Waals surface area contributed by atoms with Crippen molar-refractivity contribution in [3.63, 3.8) is 0 Å². The van der Waals surface area contributed by atoms with E-state index < -0.39 is 0 Å². The molecule has 1 heterocycles. The Morgan fingerprint density at radius 2 is 2.38 bits per heavy atom. The van der Waals surface area contributed by atoms with E-state index in [9.17, 15) is 4.79 Å². The lowest BCUT2D eigenvalue weighted by molar-refractivity contribution is -0.122. The first-order valence-corrected chi connectivity index (χ1v) is 6.04. The second-order valence-corrected chi connectivity index (χ2v) is 5.80. The van der Waals surface area contributed by atoms with Gasteiger partial charge in [0.2, 0.25) is 0 Å². The summed E-state index contributed by atoms with van der Waals surface area (Å²) in [5.41, 5.74) is 0.0243. The van der Waals surface area contributed by atoms with E-state index in [-0.39, 0.29) is 5.41 Å². The molecule has 0 aliphatic heterocycles. The molecule has 0 radical (unpaired) electrons. The van der Waals surface area contributed by atoms with E-state index >= 15 is 0 Å². The Morgan fingerprint density at radius 1 is 1.69 bits per heavy atom. The van der Waals surface area contributed by atoms with Crippen LogP contribution in [0.1, 0.15) is 24.6 Å². The van der Waals surface area contributed by atoms with Crippen LogP contribution in [-0.4, -0.2) is 5.78 Å². The van der Waals surface area contributed by atoms with Crippen molar-refractivity contribution in [1.82, 2.24) is 0 Å². The van der Waals surface area contributed by atoms with Gasteiger partial charge in [0.15, 0.2) is 0 Å². The zero-order valence-electron chi connectivity index (χ0n) is 7.47. The van der Waals surface area contributed by atoms with Crippen molar-refractivity contribution >= 4 is 33.0 Å². The molecule has 0 amide bonds. The summed E-state index contributed by atoms with van der Waals surface area (Å²) in [6.07, 6.45) is 2.78. The number of carbonyl (C=O) groups excluding carboxylic acids is 1. The van der Waals surface area contributed by atoms with E-state index in [2.05, 4.69) is 22.9 Å². The van der Waals surface area contributed by atoms with Crippen LogP contribution in [0.2, 0.25) is 0 Å². The molecule has 0 bridgehead atoms. The highest BCUT2D eigenvalue weighted by molar-refractivity contribution is 9.10. The van der Waals surface area contributed by atoms with E-state index in [4.69, 9.17) is 0 Å². The molecule has 0 N–H and O–H groups in total. The first-order chi connectivity index (χ1) is 6.10. The second kappa shape index (κ2) is 3.21. The minimum atomic E-state index is 0.0243. The number of Topliss-reactive ketones (excluding diaryl/α,β-unsaturated/α-hetero) is 1. The predicted molar refractivity (Wildman–Crippen MR) is 58.1 cm³/mol. The van der Waals surface area contributed by atoms with Crippen LogP contribution in [-0.2, 0) is 11.2 Å². The third-order valence-electron chi connectivity index (χ3n) is 2.63. The van der Waals surface area contributed by atoms with Gasteiger partial charge in [0.1, 0.15) is 5.78 Å². The monoisotopic (exact) mass is 258 g/mol. The van der Waals surface area contributed by atoms with Gasteiger partial charge in [-0.2, -0.15) is 0 Å². The highest BCUT2D eigenvalue weighted by Gasteiger charge is 2.44. The molecule has 0 atom stereocenters. The maximum absolute atomic E-state index is 11.7. The van der Waals surface area contributed by atoms with E-state index in [0.29, 0.717) is 12.2 Å². The van der Waals surface area contributed by atoms with Crippen molar-refractivity contribution in [3.8, 4) is 0 Å². The van der Waals surface area contributed by atoms with Crippen molar-refractivity contribution in [2.24, 2.45) is 5.41 Å². The van der Waals surface area contributed by atoms with Gasteiger partial charge in [-0.25, -0.2) is 0 Å². The Labute approximate surface area is 90.3 Å². The summed E-state index contributed by atoms with van der Waals surface area (Å²) in [6, 6.07) is 2.04. The SMILES string of the molecule is CC1(C(=O)Cc2cc(Br)cs2)CC1. The number of hydrogen-bond acceptors (Lipinski definition) is 2. The van der Waals surface area contributed by atoms with Crippen LogP contribution in [0.4, 0.5) is 0 Å². The largest absolute Gasteiger partial charge is 0.299 e. The van der Waals surface area contributed by atoms with Crippen LogP contribution in [0.3, 0.4) is 0 Å². The van der Waals surface area contributed by atoms with Crippen molar-refractivity contribution in [2.75, 3.05) is 0 Å². The lowest BCUT2D eigenvalue weighted by atomic mass is 10.0. The summed E-state index contributed by atoms with van der Waals surface area (Å²) in [4.78, 5) is 12.9. The van der Waals surface area contributed by atoms with Gasteiger partial charge in [0.25, 0.3) is 0 Å². The molecule has 1 aromatic rings.